The molecule has 0 saturated heterocycles. The third kappa shape index (κ3) is 5.75. The maximum atomic E-state index is 13.0. The zero-order valence-electron chi connectivity index (χ0n) is 17.9. The smallest absolute Gasteiger partial charge is 0.416 e. The van der Waals surface area contributed by atoms with Gasteiger partial charge in [-0.15, -0.1) is 0 Å². The molecule has 176 valence electrons. The molecule has 0 bridgehead atoms. The lowest BCUT2D eigenvalue weighted by molar-refractivity contribution is -0.137. The van der Waals surface area contributed by atoms with Crippen molar-refractivity contribution in [2.75, 3.05) is 0 Å². The van der Waals surface area contributed by atoms with E-state index in [4.69, 9.17) is 8.60 Å². The lowest BCUT2D eigenvalue weighted by atomic mass is 10.1. The van der Waals surface area contributed by atoms with Gasteiger partial charge in [-0.05, 0) is 49.7 Å². The molecule has 10 heteroatoms. The maximum Gasteiger partial charge on any atom is 0.416 e. The van der Waals surface area contributed by atoms with Crippen LogP contribution in [-0.4, -0.2) is 25.3 Å². The largest absolute Gasteiger partial charge is 0.459 e. The molecule has 0 aliphatic rings. The van der Waals surface area contributed by atoms with Crippen LogP contribution in [0.1, 0.15) is 41.9 Å². The van der Waals surface area contributed by atoms with Crippen LogP contribution in [0.15, 0.2) is 76.2 Å². The van der Waals surface area contributed by atoms with E-state index in [0.29, 0.717) is 18.1 Å². The topological polar surface area (TPSA) is 76.8 Å². The van der Waals surface area contributed by atoms with Crippen LogP contribution in [0.4, 0.5) is 13.2 Å². The van der Waals surface area contributed by atoms with Gasteiger partial charge in [0.15, 0.2) is 5.76 Å². The van der Waals surface area contributed by atoms with Crippen LogP contribution in [0.2, 0.25) is 0 Å². The first-order valence-corrected chi connectivity index (χ1v) is 11.5. The van der Waals surface area contributed by atoms with E-state index in [2.05, 4.69) is 0 Å². The number of rotatable bonds is 8. The SMILES string of the molecule is CC[C@H](C)N(Cc1ccccc1OS(=O)(=O)c1cccc(C(F)(F)F)c1)C(=O)c1ccco1. The average molecular weight is 481 g/mol. The highest BCUT2D eigenvalue weighted by Crippen LogP contribution is 2.32. The summed E-state index contributed by atoms with van der Waals surface area (Å²) in [6.07, 6.45) is -2.70. The van der Waals surface area contributed by atoms with Gasteiger partial charge in [-0.25, -0.2) is 0 Å². The van der Waals surface area contributed by atoms with Crippen molar-refractivity contribution in [1.29, 1.82) is 0 Å². The number of hydrogen-bond donors (Lipinski definition) is 0. The van der Waals surface area contributed by atoms with Crippen LogP contribution in [-0.2, 0) is 22.8 Å². The Kier molecular flexibility index (Phi) is 7.16. The molecule has 0 N–H and O–H groups in total. The molecule has 0 radical (unpaired) electrons. The first-order valence-electron chi connectivity index (χ1n) is 10.1. The first kappa shape index (κ1) is 24.4. The van der Waals surface area contributed by atoms with Crippen LogP contribution in [0.3, 0.4) is 0 Å². The fourth-order valence-corrected chi connectivity index (χ4v) is 4.10. The second-order valence-electron chi connectivity index (χ2n) is 7.34. The summed E-state index contributed by atoms with van der Waals surface area (Å²) in [5, 5.41) is 0. The van der Waals surface area contributed by atoms with E-state index in [0.717, 1.165) is 18.2 Å². The number of amides is 1. The van der Waals surface area contributed by atoms with Crippen molar-refractivity contribution < 1.29 is 35.0 Å². The normalized spacial score (nSPS) is 12.9. The van der Waals surface area contributed by atoms with Gasteiger partial charge in [0.2, 0.25) is 0 Å². The molecule has 3 aromatic rings. The molecule has 33 heavy (non-hydrogen) atoms. The van der Waals surface area contributed by atoms with Crippen LogP contribution in [0.25, 0.3) is 0 Å². The van der Waals surface area contributed by atoms with Crippen molar-refractivity contribution >= 4 is 16.0 Å². The van der Waals surface area contributed by atoms with Gasteiger partial charge in [0.25, 0.3) is 5.91 Å². The third-order valence-electron chi connectivity index (χ3n) is 5.08. The molecule has 6 nitrogen and oxygen atoms in total. The van der Waals surface area contributed by atoms with E-state index in [9.17, 15) is 26.4 Å². The molecule has 0 fully saturated rings. The number of carbonyl (C=O) groups is 1. The molecule has 1 heterocycles. The molecular weight excluding hydrogens is 459 g/mol. The minimum absolute atomic E-state index is 0.00280. The number of hydrogen-bond acceptors (Lipinski definition) is 5. The minimum atomic E-state index is -4.70. The zero-order chi connectivity index (χ0) is 24.2. The van der Waals surface area contributed by atoms with Crippen molar-refractivity contribution in [3.63, 3.8) is 0 Å². The second kappa shape index (κ2) is 9.70. The average Bonchev–Trinajstić information content (AvgIpc) is 3.32. The summed E-state index contributed by atoms with van der Waals surface area (Å²) in [6.45, 7) is 3.74. The van der Waals surface area contributed by atoms with Gasteiger partial charge in [-0.1, -0.05) is 31.2 Å². The van der Waals surface area contributed by atoms with Gasteiger partial charge >= 0.3 is 16.3 Å². The molecule has 0 unspecified atom stereocenters. The molecule has 1 amide bonds. The number of furan rings is 1. The summed E-state index contributed by atoms with van der Waals surface area (Å²) >= 11 is 0. The fraction of sp³-hybridized carbons (Fsp3) is 0.261. The fourth-order valence-electron chi connectivity index (χ4n) is 3.08. The first-order chi connectivity index (χ1) is 15.5. The van der Waals surface area contributed by atoms with Crippen molar-refractivity contribution in [1.82, 2.24) is 4.90 Å². The van der Waals surface area contributed by atoms with Crippen molar-refractivity contribution in [2.45, 2.75) is 43.9 Å². The van der Waals surface area contributed by atoms with Crippen LogP contribution < -0.4 is 4.18 Å². The highest BCUT2D eigenvalue weighted by Gasteiger charge is 2.32. The Morgan fingerprint density at radius 1 is 1.09 bits per heavy atom. The summed E-state index contributed by atoms with van der Waals surface area (Å²) in [7, 11) is -4.57. The number of carbonyl (C=O) groups excluding carboxylic acids is 1. The molecular formula is C23H22F3NO5S. The molecule has 0 spiro atoms. The Hall–Kier alpha value is -3.27. The van der Waals surface area contributed by atoms with E-state index in [1.165, 1.54) is 29.4 Å². The summed E-state index contributed by atoms with van der Waals surface area (Å²) < 4.78 is 74.9. The van der Waals surface area contributed by atoms with Crippen molar-refractivity contribution in [3.05, 3.63) is 83.8 Å². The van der Waals surface area contributed by atoms with Gasteiger partial charge < -0.3 is 13.5 Å². The van der Waals surface area contributed by atoms with E-state index in [-0.39, 0.29) is 30.0 Å². The van der Waals surface area contributed by atoms with E-state index in [1.54, 1.807) is 18.2 Å². The Bertz CT molecular complexity index is 1210. The van der Waals surface area contributed by atoms with Gasteiger partial charge in [0.1, 0.15) is 10.6 Å². The van der Waals surface area contributed by atoms with E-state index >= 15 is 0 Å². The summed E-state index contributed by atoms with van der Waals surface area (Å²) in [4.78, 5) is 13.8. The van der Waals surface area contributed by atoms with Crippen LogP contribution in [0, 0.1) is 0 Å². The van der Waals surface area contributed by atoms with Crippen LogP contribution >= 0.6 is 0 Å². The lowest BCUT2D eigenvalue weighted by Crippen LogP contribution is -2.37. The highest BCUT2D eigenvalue weighted by atomic mass is 32.2. The lowest BCUT2D eigenvalue weighted by Gasteiger charge is -2.28. The minimum Gasteiger partial charge on any atom is -0.459 e. The molecule has 1 aromatic heterocycles. The Labute approximate surface area is 189 Å². The molecule has 0 aliphatic heterocycles. The predicted molar refractivity (Wildman–Crippen MR) is 114 cm³/mol. The van der Waals surface area contributed by atoms with Gasteiger partial charge in [0.05, 0.1) is 18.4 Å². The molecule has 3 rings (SSSR count). The molecule has 1 atom stereocenters. The second-order valence-corrected chi connectivity index (χ2v) is 8.88. The molecule has 2 aromatic carbocycles. The van der Waals surface area contributed by atoms with E-state index < -0.39 is 26.8 Å². The number of para-hydroxylation sites is 1. The quantitative estimate of drug-likeness (QED) is 0.397. The Balaban J connectivity index is 1.92. The van der Waals surface area contributed by atoms with Crippen molar-refractivity contribution in [3.8, 4) is 5.75 Å². The monoisotopic (exact) mass is 481 g/mol. The van der Waals surface area contributed by atoms with Crippen LogP contribution in [0.5, 0.6) is 5.75 Å². The number of nitrogens with zero attached hydrogens (tertiary/aromatic N) is 1. The Morgan fingerprint density at radius 3 is 2.45 bits per heavy atom. The zero-order valence-corrected chi connectivity index (χ0v) is 18.7. The number of alkyl halides is 3. The van der Waals surface area contributed by atoms with Gasteiger partial charge in [-0.3, -0.25) is 4.79 Å². The van der Waals surface area contributed by atoms with E-state index in [1.807, 2.05) is 13.8 Å². The number of benzene rings is 2. The molecule has 0 aliphatic carbocycles. The Morgan fingerprint density at radius 2 is 1.82 bits per heavy atom. The van der Waals surface area contributed by atoms with Crippen molar-refractivity contribution in [2.24, 2.45) is 0 Å². The summed E-state index contributed by atoms with van der Waals surface area (Å²) in [5.41, 5.74) is -0.735. The summed E-state index contributed by atoms with van der Waals surface area (Å²) in [6, 6.07) is 12.4. The number of halogens is 3. The predicted octanol–water partition coefficient (Wildman–Crippen LogP) is 5.51. The highest BCUT2D eigenvalue weighted by molar-refractivity contribution is 7.87. The third-order valence-corrected chi connectivity index (χ3v) is 6.31. The standard InChI is InChI=1S/C23H22F3NO5S/c1-3-16(2)27(22(28)21-12-7-13-31-21)15-17-8-4-5-11-20(17)32-33(29,30)19-10-6-9-18(14-19)23(24,25)26/h4-14,16H,3,15H2,1-2H3/t16-/m0/s1. The van der Waals surface area contributed by atoms with Gasteiger partial charge in [0, 0.05) is 11.6 Å². The maximum absolute atomic E-state index is 13.0. The molecule has 0 saturated carbocycles. The summed E-state index contributed by atoms with van der Waals surface area (Å²) in [5.74, 6) is -0.342. The van der Waals surface area contributed by atoms with Gasteiger partial charge in [-0.2, -0.15) is 21.6 Å².